The molecule has 2 rings (SSSR count). The molecule has 0 spiro atoms. The van der Waals surface area contributed by atoms with E-state index in [0.29, 0.717) is 32.1 Å². The lowest BCUT2D eigenvalue weighted by Gasteiger charge is -2.18. The van der Waals surface area contributed by atoms with E-state index in [4.69, 9.17) is 5.11 Å². The van der Waals surface area contributed by atoms with Crippen LogP contribution in [0.15, 0.2) is 24.3 Å². The molecule has 1 aliphatic carbocycles. The molecule has 2 N–H and O–H groups in total. The van der Waals surface area contributed by atoms with Crippen LogP contribution in [0.1, 0.15) is 38.2 Å². The molecule has 5 nitrogen and oxygen atoms in total. The predicted octanol–water partition coefficient (Wildman–Crippen LogP) is 3.53. The minimum atomic E-state index is -4.74. The molecule has 144 valence electrons. The minimum absolute atomic E-state index is 0.0854. The van der Waals surface area contributed by atoms with Crippen LogP contribution in [0.2, 0.25) is 0 Å². The lowest BCUT2D eigenvalue weighted by Crippen LogP contribution is -2.38. The van der Waals surface area contributed by atoms with Gasteiger partial charge in [-0.15, -0.1) is 13.2 Å². The zero-order valence-corrected chi connectivity index (χ0v) is 14.4. The van der Waals surface area contributed by atoms with Crippen LogP contribution in [0.25, 0.3) is 0 Å². The standard InChI is InChI=1S/C18H22F3NO4/c1-2-3-13(15(23)24)11-22-16(25)17(8-9-17)10-12-4-6-14(7-5-12)26-18(19,20)21/h4-7,13H,2-3,8-11H2,1H3,(H,22,25)(H,23,24). The fraction of sp³-hybridized carbons (Fsp3) is 0.556. The van der Waals surface area contributed by atoms with E-state index in [1.807, 2.05) is 6.92 Å². The van der Waals surface area contributed by atoms with E-state index in [2.05, 4.69) is 10.1 Å². The third kappa shape index (κ3) is 5.64. The van der Waals surface area contributed by atoms with Crippen molar-refractivity contribution in [3.63, 3.8) is 0 Å². The van der Waals surface area contributed by atoms with Crippen molar-refractivity contribution < 1.29 is 32.6 Å². The molecule has 1 unspecified atom stereocenters. The van der Waals surface area contributed by atoms with Crippen molar-refractivity contribution >= 4 is 11.9 Å². The van der Waals surface area contributed by atoms with Gasteiger partial charge in [0.05, 0.1) is 11.3 Å². The maximum absolute atomic E-state index is 12.4. The van der Waals surface area contributed by atoms with Gasteiger partial charge in [0.1, 0.15) is 5.75 Å². The Bertz CT molecular complexity index is 639. The highest BCUT2D eigenvalue weighted by atomic mass is 19.4. The largest absolute Gasteiger partial charge is 0.573 e. The maximum atomic E-state index is 12.4. The van der Waals surface area contributed by atoms with Crippen molar-refractivity contribution in [3.8, 4) is 5.75 Å². The molecule has 0 aromatic heterocycles. The number of carbonyl (C=O) groups is 2. The molecule has 0 radical (unpaired) electrons. The fourth-order valence-corrected chi connectivity index (χ4v) is 2.90. The number of nitrogens with one attached hydrogen (secondary N) is 1. The number of alkyl halides is 3. The number of benzene rings is 1. The summed E-state index contributed by atoms with van der Waals surface area (Å²) in [4.78, 5) is 23.6. The summed E-state index contributed by atoms with van der Waals surface area (Å²) in [5.41, 5.74) is 0.136. The molecule has 0 saturated heterocycles. The molecule has 1 atom stereocenters. The fourth-order valence-electron chi connectivity index (χ4n) is 2.90. The smallest absolute Gasteiger partial charge is 0.481 e. The molecule has 1 aromatic rings. The molecular weight excluding hydrogens is 351 g/mol. The molecule has 0 bridgehead atoms. The Labute approximate surface area is 149 Å². The van der Waals surface area contributed by atoms with Crippen LogP contribution in [0.3, 0.4) is 0 Å². The van der Waals surface area contributed by atoms with Crippen molar-refractivity contribution in [2.75, 3.05) is 6.54 Å². The average molecular weight is 373 g/mol. The number of hydrogen-bond acceptors (Lipinski definition) is 3. The summed E-state index contributed by atoms with van der Waals surface area (Å²) in [6.07, 6.45) is -1.79. The van der Waals surface area contributed by atoms with E-state index in [1.165, 1.54) is 24.3 Å². The number of hydrogen-bond donors (Lipinski definition) is 2. The van der Waals surface area contributed by atoms with Crippen molar-refractivity contribution in [2.24, 2.45) is 11.3 Å². The summed E-state index contributed by atoms with van der Waals surface area (Å²) in [5, 5.41) is 11.9. The summed E-state index contributed by atoms with van der Waals surface area (Å²) in [5.74, 6) is -2.05. The van der Waals surface area contributed by atoms with E-state index in [-0.39, 0.29) is 18.2 Å². The second kappa shape index (κ2) is 7.97. The van der Waals surface area contributed by atoms with Crippen molar-refractivity contribution in [2.45, 2.75) is 45.4 Å². The van der Waals surface area contributed by atoms with Crippen LogP contribution in [-0.2, 0) is 16.0 Å². The molecule has 8 heteroatoms. The van der Waals surface area contributed by atoms with Crippen molar-refractivity contribution in [3.05, 3.63) is 29.8 Å². The van der Waals surface area contributed by atoms with Gasteiger partial charge in [-0.25, -0.2) is 0 Å². The lowest BCUT2D eigenvalue weighted by molar-refractivity contribution is -0.274. The number of aliphatic carboxylic acids is 1. The molecular formula is C18H22F3NO4. The SMILES string of the molecule is CCCC(CNC(=O)C1(Cc2ccc(OC(F)(F)F)cc2)CC1)C(=O)O. The number of carboxylic acid groups (broad SMARTS) is 1. The lowest BCUT2D eigenvalue weighted by atomic mass is 9.95. The first-order chi connectivity index (χ1) is 12.1. The summed E-state index contributed by atoms with van der Waals surface area (Å²) in [6, 6.07) is 5.45. The number of rotatable bonds is 9. The maximum Gasteiger partial charge on any atom is 0.573 e. The monoisotopic (exact) mass is 373 g/mol. The molecule has 1 amide bonds. The van der Waals surface area contributed by atoms with Crippen LogP contribution in [0.5, 0.6) is 5.75 Å². The van der Waals surface area contributed by atoms with Gasteiger partial charge >= 0.3 is 12.3 Å². The summed E-state index contributed by atoms with van der Waals surface area (Å²) in [6.45, 7) is 1.97. The van der Waals surface area contributed by atoms with Gasteiger partial charge in [-0.2, -0.15) is 0 Å². The second-order valence-corrected chi connectivity index (χ2v) is 6.68. The Balaban J connectivity index is 1.92. The van der Waals surface area contributed by atoms with Gasteiger partial charge in [-0.1, -0.05) is 25.5 Å². The van der Waals surface area contributed by atoms with E-state index < -0.39 is 23.7 Å². The number of carboxylic acids is 1. The van der Waals surface area contributed by atoms with Crippen LogP contribution in [0.4, 0.5) is 13.2 Å². The highest BCUT2D eigenvalue weighted by molar-refractivity contribution is 5.86. The number of amides is 1. The molecule has 1 saturated carbocycles. The molecule has 1 fully saturated rings. The Morgan fingerprint density at radius 1 is 1.27 bits per heavy atom. The van der Waals surface area contributed by atoms with E-state index in [1.54, 1.807) is 0 Å². The summed E-state index contributed by atoms with van der Waals surface area (Å²) >= 11 is 0. The van der Waals surface area contributed by atoms with Gasteiger partial charge in [0.25, 0.3) is 0 Å². The predicted molar refractivity (Wildman–Crippen MR) is 87.5 cm³/mol. The third-order valence-electron chi connectivity index (χ3n) is 4.53. The van der Waals surface area contributed by atoms with Gasteiger partial charge in [0.2, 0.25) is 5.91 Å². The summed E-state index contributed by atoms with van der Waals surface area (Å²) in [7, 11) is 0. The Morgan fingerprint density at radius 3 is 2.35 bits per heavy atom. The van der Waals surface area contributed by atoms with Crippen LogP contribution in [-0.4, -0.2) is 29.9 Å². The van der Waals surface area contributed by atoms with Crippen LogP contribution < -0.4 is 10.1 Å². The molecule has 26 heavy (non-hydrogen) atoms. The Morgan fingerprint density at radius 2 is 1.88 bits per heavy atom. The first-order valence-electron chi connectivity index (χ1n) is 8.51. The van der Waals surface area contributed by atoms with E-state index in [0.717, 1.165) is 5.56 Å². The molecule has 1 aromatic carbocycles. The zero-order valence-electron chi connectivity index (χ0n) is 14.4. The van der Waals surface area contributed by atoms with Crippen LogP contribution in [0, 0.1) is 11.3 Å². The van der Waals surface area contributed by atoms with Crippen molar-refractivity contribution in [1.29, 1.82) is 0 Å². The second-order valence-electron chi connectivity index (χ2n) is 6.68. The van der Waals surface area contributed by atoms with Crippen molar-refractivity contribution in [1.82, 2.24) is 5.32 Å². The quantitative estimate of drug-likeness (QED) is 0.694. The number of halogens is 3. The minimum Gasteiger partial charge on any atom is -0.481 e. The topological polar surface area (TPSA) is 75.6 Å². The Hall–Kier alpha value is -2.25. The molecule has 0 heterocycles. The first-order valence-corrected chi connectivity index (χ1v) is 8.51. The molecule has 0 aliphatic heterocycles. The summed E-state index contributed by atoms with van der Waals surface area (Å²) < 4.78 is 40.3. The van der Waals surface area contributed by atoms with Crippen LogP contribution >= 0.6 is 0 Å². The number of ether oxygens (including phenoxy) is 1. The zero-order chi connectivity index (χ0) is 19.4. The third-order valence-corrected chi connectivity index (χ3v) is 4.53. The normalized spacial score (nSPS) is 16.6. The number of carbonyl (C=O) groups excluding carboxylic acids is 1. The van der Waals surface area contributed by atoms with Gasteiger partial charge in [-0.05, 0) is 43.4 Å². The molecule has 1 aliphatic rings. The first kappa shape index (κ1) is 20.1. The highest BCUT2D eigenvalue weighted by Crippen LogP contribution is 2.48. The van der Waals surface area contributed by atoms with Gasteiger partial charge in [0, 0.05) is 6.54 Å². The average Bonchev–Trinajstić information content (AvgIpc) is 3.32. The van der Waals surface area contributed by atoms with E-state index in [9.17, 15) is 22.8 Å². The van der Waals surface area contributed by atoms with E-state index >= 15 is 0 Å². The van der Waals surface area contributed by atoms with Gasteiger partial charge < -0.3 is 15.2 Å². The van der Waals surface area contributed by atoms with Gasteiger partial charge in [-0.3, -0.25) is 9.59 Å². The Kier molecular flexibility index (Phi) is 6.15. The highest BCUT2D eigenvalue weighted by Gasteiger charge is 2.49. The van der Waals surface area contributed by atoms with Gasteiger partial charge in [0.15, 0.2) is 0 Å².